The van der Waals surface area contributed by atoms with Crippen molar-refractivity contribution in [3.63, 3.8) is 0 Å². The summed E-state index contributed by atoms with van der Waals surface area (Å²) in [7, 11) is 1.69. The molecule has 1 aliphatic rings. The van der Waals surface area contributed by atoms with Gasteiger partial charge >= 0.3 is 0 Å². The van der Waals surface area contributed by atoms with Crippen molar-refractivity contribution in [2.24, 2.45) is 0 Å². The zero-order valence-electron chi connectivity index (χ0n) is 11.6. The van der Waals surface area contributed by atoms with E-state index in [1.165, 1.54) is 0 Å². The summed E-state index contributed by atoms with van der Waals surface area (Å²) >= 11 is 0. The highest BCUT2D eigenvalue weighted by Crippen LogP contribution is 2.11. The van der Waals surface area contributed by atoms with Crippen molar-refractivity contribution in [2.75, 3.05) is 40.1 Å². The van der Waals surface area contributed by atoms with E-state index in [2.05, 4.69) is 12.2 Å². The predicted octanol–water partition coefficient (Wildman–Crippen LogP) is 0.558. The molecule has 0 amide bonds. The van der Waals surface area contributed by atoms with Crippen LogP contribution in [0.1, 0.15) is 26.2 Å². The molecule has 0 aromatic rings. The molecule has 0 aromatic carbocycles. The van der Waals surface area contributed by atoms with Crippen LogP contribution in [-0.4, -0.2) is 63.4 Å². The van der Waals surface area contributed by atoms with Gasteiger partial charge in [-0.3, -0.25) is 0 Å². The Morgan fingerprint density at radius 1 is 1.44 bits per heavy atom. The van der Waals surface area contributed by atoms with E-state index in [1.807, 2.05) is 0 Å². The molecule has 3 atom stereocenters. The van der Waals surface area contributed by atoms with Crippen LogP contribution < -0.4 is 5.32 Å². The fourth-order valence-electron chi connectivity index (χ4n) is 2.00. The number of aliphatic hydroxyl groups is 1. The van der Waals surface area contributed by atoms with Crippen LogP contribution in [-0.2, 0) is 14.2 Å². The smallest absolute Gasteiger partial charge is 0.0897 e. The minimum Gasteiger partial charge on any atom is -0.389 e. The number of methoxy groups -OCH3 is 1. The average molecular weight is 261 g/mol. The first-order chi connectivity index (χ1) is 8.76. The van der Waals surface area contributed by atoms with E-state index < -0.39 is 6.10 Å². The Kier molecular flexibility index (Phi) is 8.54. The summed E-state index contributed by atoms with van der Waals surface area (Å²) in [6.45, 7) is 5.08. The lowest BCUT2D eigenvalue weighted by molar-refractivity contribution is -0.0174. The molecular weight excluding hydrogens is 234 g/mol. The van der Waals surface area contributed by atoms with Gasteiger partial charge < -0.3 is 24.6 Å². The van der Waals surface area contributed by atoms with Gasteiger partial charge in [0.1, 0.15) is 0 Å². The number of rotatable bonds is 10. The fraction of sp³-hybridized carbons (Fsp3) is 1.00. The van der Waals surface area contributed by atoms with Crippen molar-refractivity contribution in [2.45, 2.75) is 44.4 Å². The highest BCUT2D eigenvalue weighted by molar-refractivity contribution is 4.68. The first-order valence-electron chi connectivity index (χ1n) is 6.86. The van der Waals surface area contributed by atoms with Gasteiger partial charge in [0.25, 0.3) is 0 Å². The number of aliphatic hydroxyl groups excluding tert-OH is 1. The van der Waals surface area contributed by atoms with Gasteiger partial charge in [-0.2, -0.15) is 0 Å². The molecule has 0 saturated carbocycles. The summed E-state index contributed by atoms with van der Waals surface area (Å²) in [6, 6.07) is 0.294. The highest BCUT2D eigenvalue weighted by Gasteiger charge is 2.16. The molecule has 1 fully saturated rings. The summed E-state index contributed by atoms with van der Waals surface area (Å²) < 4.78 is 16.0. The van der Waals surface area contributed by atoms with Crippen molar-refractivity contribution >= 4 is 0 Å². The largest absolute Gasteiger partial charge is 0.389 e. The van der Waals surface area contributed by atoms with Crippen molar-refractivity contribution in [3.8, 4) is 0 Å². The topological polar surface area (TPSA) is 60.0 Å². The predicted molar refractivity (Wildman–Crippen MR) is 69.8 cm³/mol. The molecule has 1 rings (SSSR count). The maximum absolute atomic E-state index is 9.77. The molecule has 1 saturated heterocycles. The lowest BCUT2D eigenvalue weighted by atomic mass is 10.2. The second-order valence-corrected chi connectivity index (χ2v) is 4.80. The lowest BCUT2D eigenvalue weighted by Gasteiger charge is -2.19. The number of ether oxygens (including phenoxy) is 3. The normalized spacial score (nSPS) is 23.2. The molecular formula is C13H27NO4. The first-order valence-corrected chi connectivity index (χ1v) is 6.86. The van der Waals surface area contributed by atoms with Crippen LogP contribution in [0.4, 0.5) is 0 Å². The lowest BCUT2D eigenvalue weighted by Crippen LogP contribution is -2.39. The van der Waals surface area contributed by atoms with Crippen LogP contribution in [0.5, 0.6) is 0 Å². The van der Waals surface area contributed by atoms with Crippen LogP contribution in [0.2, 0.25) is 0 Å². The molecule has 1 aliphatic heterocycles. The number of nitrogens with one attached hydrogen (secondary N) is 1. The molecule has 0 aromatic heterocycles. The summed E-state index contributed by atoms with van der Waals surface area (Å²) in [5, 5.41) is 13.0. The van der Waals surface area contributed by atoms with Gasteiger partial charge in [-0.15, -0.1) is 0 Å². The summed E-state index contributed by atoms with van der Waals surface area (Å²) in [4.78, 5) is 0. The van der Waals surface area contributed by atoms with Gasteiger partial charge in [0.2, 0.25) is 0 Å². The zero-order valence-corrected chi connectivity index (χ0v) is 11.6. The maximum Gasteiger partial charge on any atom is 0.0897 e. The monoisotopic (exact) mass is 261 g/mol. The van der Waals surface area contributed by atoms with E-state index in [4.69, 9.17) is 14.2 Å². The van der Waals surface area contributed by atoms with Crippen molar-refractivity contribution in [1.29, 1.82) is 0 Å². The van der Waals surface area contributed by atoms with Crippen LogP contribution in [0, 0.1) is 0 Å². The first kappa shape index (κ1) is 15.9. The third-order valence-corrected chi connectivity index (χ3v) is 3.14. The van der Waals surface area contributed by atoms with Crippen molar-refractivity contribution < 1.29 is 19.3 Å². The molecule has 0 aliphatic carbocycles. The van der Waals surface area contributed by atoms with Gasteiger partial charge in [-0.05, 0) is 19.3 Å². The maximum atomic E-state index is 9.77. The van der Waals surface area contributed by atoms with E-state index in [1.54, 1.807) is 7.11 Å². The summed E-state index contributed by atoms with van der Waals surface area (Å²) in [5.74, 6) is 0. The Bertz CT molecular complexity index is 197. The molecule has 2 N–H and O–H groups in total. The number of hydrogen-bond acceptors (Lipinski definition) is 5. The molecule has 108 valence electrons. The standard InChI is InChI=1S/C13H27NO4/c1-3-11(8-16-2)14-7-12(15)9-17-10-13-5-4-6-18-13/h11-15H,3-10H2,1-2H3. The van der Waals surface area contributed by atoms with Gasteiger partial charge in [0, 0.05) is 26.3 Å². The zero-order chi connectivity index (χ0) is 13.2. The third-order valence-electron chi connectivity index (χ3n) is 3.14. The van der Waals surface area contributed by atoms with Crippen molar-refractivity contribution in [1.82, 2.24) is 5.32 Å². The van der Waals surface area contributed by atoms with Gasteiger partial charge in [0.05, 0.1) is 32.0 Å². The Morgan fingerprint density at radius 3 is 2.89 bits per heavy atom. The Labute approximate surface area is 110 Å². The molecule has 0 bridgehead atoms. The van der Waals surface area contributed by atoms with E-state index in [-0.39, 0.29) is 6.10 Å². The van der Waals surface area contributed by atoms with Gasteiger partial charge in [0.15, 0.2) is 0 Å². The van der Waals surface area contributed by atoms with E-state index >= 15 is 0 Å². The van der Waals surface area contributed by atoms with Crippen LogP contribution >= 0.6 is 0 Å². The SMILES string of the molecule is CCC(COC)NCC(O)COCC1CCCO1. The van der Waals surface area contributed by atoms with E-state index in [0.717, 1.165) is 25.9 Å². The minimum absolute atomic E-state index is 0.224. The Hall–Kier alpha value is -0.200. The van der Waals surface area contributed by atoms with Gasteiger partial charge in [-0.1, -0.05) is 6.92 Å². The molecule has 1 heterocycles. The van der Waals surface area contributed by atoms with Gasteiger partial charge in [-0.25, -0.2) is 0 Å². The quantitative estimate of drug-likeness (QED) is 0.602. The van der Waals surface area contributed by atoms with E-state index in [0.29, 0.717) is 32.4 Å². The Balaban J connectivity index is 2.00. The molecule has 0 spiro atoms. The fourth-order valence-corrected chi connectivity index (χ4v) is 2.00. The second kappa shape index (κ2) is 9.69. The summed E-state index contributed by atoms with van der Waals surface area (Å²) in [6.07, 6.45) is 2.92. The number of hydrogen-bond donors (Lipinski definition) is 2. The third kappa shape index (κ3) is 6.66. The Morgan fingerprint density at radius 2 is 2.28 bits per heavy atom. The van der Waals surface area contributed by atoms with E-state index in [9.17, 15) is 5.11 Å². The molecule has 18 heavy (non-hydrogen) atoms. The average Bonchev–Trinajstić information content (AvgIpc) is 2.87. The molecule has 5 nitrogen and oxygen atoms in total. The minimum atomic E-state index is -0.475. The molecule has 3 unspecified atom stereocenters. The van der Waals surface area contributed by atoms with Crippen LogP contribution in [0.3, 0.4) is 0 Å². The molecule has 5 heteroatoms. The molecule has 0 radical (unpaired) electrons. The van der Waals surface area contributed by atoms with Crippen LogP contribution in [0.25, 0.3) is 0 Å². The highest BCUT2D eigenvalue weighted by atomic mass is 16.5. The summed E-state index contributed by atoms with van der Waals surface area (Å²) in [5.41, 5.74) is 0. The van der Waals surface area contributed by atoms with Crippen LogP contribution in [0.15, 0.2) is 0 Å². The second-order valence-electron chi connectivity index (χ2n) is 4.80. The van der Waals surface area contributed by atoms with Crippen molar-refractivity contribution in [3.05, 3.63) is 0 Å².